The molecule has 0 atom stereocenters. The van der Waals surface area contributed by atoms with E-state index < -0.39 is 0 Å². The summed E-state index contributed by atoms with van der Waals surface area (Å²) in [6.07, 6.45) is 0. The molecule has 2 aromatic carbocycles. The molecule has 86 valence electrons. The third-order valence-corrected chi connectivity index (χ3v) is 2.24. The predicted molar refractivity (Wildman–Crippen MR) is 65.8 cm³/mol. The Balaban J connectivity index is 2.41. The van der Waals surface area contributed by atoms with Crippen molar-refractivity contribution < 1.29 is 9.47 Å². The number of benzene rings is 1. The van der Waals surface area contributed by atoms with Crippen LogP contribution in [-0.2, 0) is 0 Å². The highest BCUT2D eigenvalue weighted by Gasteiger charge is 2.05. The van der Waals surface area contributed by atoms with Crippen LogP contribution in [0.15, 0.2) is 59.4 Å². The van der Waals surface area contributed by atoms with Crippen LogP contribution in [0.4, 0.5) is 0 Å². The van der Waals surface area contributed by atoms with E-state index in [2.05, 4.69) is 0 Å². The van der Waals surface area contributed by atoms with Crippen LogP contribution in [0.3, 0.4) is 0 Å². The van der Waals surface area contributed by atoms with Gasteiger partial charge < -0.3 is 9.47 Å². The fourth-order valence-corrected chi connectivity index (χ4v) is 1.42. The Bertz CT molecular complexity index is 550. The average molecular weight is 228 g/mol. The van der Waals surface area contributed by atoms with E-state index in [1.54, 1.807) is 36.4 Å². The van der Waals surface area contributed by atoms with Crippen molar-refractivity contribution in [1.82, 2.24) is 0 Å². The first kappa shape index (κ1) is 11.2. The van der Waals surface area contributed by atoms with Crippen LogP contribution in [0.1, 0.15) is 0 Å². The summed E-state index contributed by atoms with van der Waals surface area (Å²) in [7, 11) is 1.46. The van der Waals surface area contributed by atoms with Crippen molar-refractivity contribution >= 4 is 0 Å². The van der Waals surface area contributed by atoms with Crippen molar-refractivity contribution in [3.05, 3.63) is 64.8 Å². The van der Waals surface area contributed by atoms with E-state index in [1.165, 1.54) is 7.11 Å². The van der Waals surface area contributed by atoms with E-state index in [-0.39, 0.29) is 16.9 Å². The molecule has 0 amide bonds. The molecule has 0 spiro atoms. The zero-order valence-corrected chi connectivity index (χ0v) is 9.42. The van der Waals surface area contributed by atoms with Crippen LogP contribution in [0, 0.1) is 0 Å². The molecule has 3 heteroatoms. The molecule has 3 nitrogen and oxygen atoms in total. The molecule has 0 heterocycles. The van der Waals surface area contributed by atoms with Crippen molar-refractivity contribution in [3.63, 3.8) is 0 Å². The molecule has 2 aromatic rings. The molecule has 0 aliphatic carbocycles. The molecule has 0 aliphatic rings. The first-order valence-electron chi connectivity index (χ1n) is 5.21. The maximum atomic E-state index is 12.0. The predicted octanol–water partition coefficient (Wildman–Crippen LogP) is 2.85. The van der Waals surface area contributed by atoms with E-state index in [0.717, 1.165) is 0 Å². The Morgan fingerprint density at radius 1 is 0.824 bits per heavy atom. The van der Waals surface area contributed by atoms with Gasteiger partial charge in [0.2, 0.25) is 0 Å². The lowest BCUT2D eigenvalue weighted by atomic mass is 10.3. The first-order chi connectivity index (χ1) is 8.31. The Hall–Kier alpha value is -2.29. The average Bonchev–Trinajstić information content (AvgIpc) is 2.54. The normalized spacial score (nSPS) is 9.71. The number of para-hydroxylation sites is 1. The Morgan fingerprint density at radius 2 is 1.41 bits per heavy atom. The summed E-state index contributed by atoms with van der Waals surface area (Å²) in [5, 5.41) is 0. The lowest BCUT2D eigenvalue weighted by Gasteiger charge is -2.03. The maximum absolute atomic E-state index is 12.0. The molecule has 0 saturated heterocycles. The topological polar surface area (TPSA) is 35.5 Å². The smallest absolute Gasteiger partial charge is 0.262 e. The zero-order valence-electron chi connectivity index (χ0n) is 9.42. The fraction of sp³-hybridized carbons (Fsp3) is 0.0714. The molecule has 0 aliphatic heterocycles. The number of ether oxygens (including phenoxy) is 2. The highest BCUT2D eigenvalue weighted by molar-refractivity contribution is 5.35. The zero-order chi connectivity index (χ0) is 12.1. The van der Waals surface area contributed by atoms with Gasteiger partial charge in [-0.1, -0.05) is 30.3 Å². The van der Waals surface area contributed by atoms with Crippen LogP contribution in [0.2, 0.25) is 0 Å². The van der Waals surface area contributed by atoms with Crippen LogP contribution >= 0.6 is 0 Å². The SMILES string of the molecule is COc1ccccc(Oc2ccccc2)c1=O. The number of rotatable bonds is 3. The molecule has 0 N–H and O–H groups in total. The number of methoxy groups -OCH3 is 1. The third kappa shape index (κ3) is 2.64. The van der Waals surface area contributed by atoms with Gasteiger partial charge in [0.15, 0.2) is 11.5 Å². The summed E-state index contributed by atoms with van der Waals surface area (Å²) < 4.78 is 10.5. The summed E-state index contributed by atoms with van der Waals surface area (Å²) in [5.74, 6) is 1.14. The lowest BCUT2D eigenvalue weighted by Crippen LogP contribution is -2.04. The van der Waals surface area contributed by atoms with E-state index >= 15 is 0 Å². The highest BCUT2D eigenvalue weighted by atomic mass is 16.5. The lowest BCUT2D eigenvalue weighted by molar-refractivity contribution is 0.405. The summed E-state index contributed by atoms with van der Waals surface area (Å²) in [6.45, 7) is 0. The second-order valence-corrected chi connectivity index (χ2v) is 3.40. The van der Waals surface area contributed by atoms with E-state index in [1.807, 2.05) is 18.2 Å². The van der Waals surface area contributed by atoms with Gasteiger partial charge in [-0.15, -0.1) is 0 Å². The van der Waals surface area contributed by atoms with Crippen molar-refractivity contribution in [2.75, 3.05) is 7.11 Å². The van der Waals surface area contributed by atoms with Gasteiger partial charge in [0.1, 0.15) is 5.75 Å². The second-order valence-electron chi connectivity index (χ2n) is 3.40. The van der Waals surface area contributed by atoms with Gasteiger partial charge in [-0.25, -0.2) is 0 Å². The van der Waals surface area contributed by atoms with Gasteiger partial charge in [0.05, 0.1) is 7.11 Å². The molecule has 17 heavy (non-hydrogen) atoms. The summed E-state index contributed by atoms with van der Waals surface area (Å²) >= 11 is 0. The molecule has 0 bridgehead atoms. The maximum Gasteiger partial charge on any atom is 0.262 e. The Kier molecular flexibility index (Phi) is 3.40. The largest absolute Gasteiger partial charge is 0.493 e. The van der Waals surface area contributed by atoms with Crippen molar-refractivity contribution in [2.24, 2.45) is 0 Å². The van der Waals surface area contributed by atoms with Gasteiger partial charge >= 0.3 is 0 Å². The van der Waals surface area contributed by atoms with Crippen LogP contribution in [0.5, 0.6) is 17.2 Å². The van der Waals surface area contributed by atoms with Gasteiger partial charge in [-0.3, -0.25) is 4.79 Å². The quantitative estimate of drug-likeness (QED) is 0.810. The Morgan fingerprint density at radius 3 is 2.06 bits per heavy atom. The van der Waals surface area contributed by atoms with Crippen LogP contribution in [0.25, 0.3) is 0 Å². The van der Waals surface area contributed by atoms with Crippen LogP contribution in [-0.4, -0.2) is 7.11 Å². The van der Waals surface area contributed by atoms with Gasteiger partial charge in [-0.2, -0.15) is 0 Å². The molecule has 0 aromatic heterocycles. The van der Waals surface area contributed by atoms with Crippen molar-refractivity contribution in [3.8, 4) is 17.2 Å². The fourth-order valence-electron chi connectivity index (χ4n) is 1.42. The monoisotopic (exact) mass is 228 g/mol. The van der Waals surface area contributed by atoms with Crippen molar-refractivity contribution in [1.29, 1.82) is 0 Å². The highest BCUT2D eigenvalue weighted by Crippen LogP contribution is 2.18. The van der Waals surface area contributed by atoms with Gasteiger partial charge in [-0.05, 0) is 24.3 Å². The summed E-state index contributed by atoms with van der Waals surface area (Å²) in [6, 6.07) is 15.9. The second kappa shape index (κ2) is 5.16. The standard InChI is InChI=1S/C14H12O3/c1-16-12-9-5-6-10-13(14(12)15)17-11-7-3-2-4-8-11/h2-10H,1H3. The first-order valence-corrected chi connectivity index (χ1v) is 5.21. The van der Waals surface area contributed by atoms with Gasteiger partial charge in [0, 0.05) is 0 Å². The minimum Gasteiger partial charge on any atom is -0.493 e. The van der Waals surface area contributed by atoms with Crippen LogP contribution < -0.4 is 14.9 Å². The molecule has 2 rings (SSSR count). The minimum absolute atomic E-state index is 0.248. The van der Waals surface area contributed by atoms with Gasteiger partial charge in [0.25, 0.3) is 5.43 Å². The molecular weight excluding hydrogens is 216 g/mol. The number of hydrogen-bond donors (Lipinski definition) is 0. The van der Waals surface area contributed by atoms with Crippen molar-refractivity contribution in [2.45, 2.75) is 0 Å². The molecule has 0 radical (unpaired) electrons. The summed E-state index contributed by atoms with van der Waals surface area (Å²) in [4.78, 5) is 12.0. The minimum atomic E-state index is -0.263. The number of hydrogen-bond acceptors (Lipinski definition) is 3. The molecule has 0 fully saturated rings. The van der Waals surface area contributed by atoms with E-state index in [9.17, 15) is 4.79 Å². The molecular formula is C14H12O3. The van der Waals surface area contributed by atoms with E-state index in [4.69, 9.17) is 9.47 Å². The third-order valence-electron chi connectivity index (χ3n) is 2.24. The van der Waals surface area contributed by atoms with E-state index in [0.29, 0.717) is 5.75 Å². The molecule has 0 unspecified atom stereocenters. The Labute approximate surface area is 99.3 Å². The molecule has 0 saturated carbocycles. The summed E-state index contributed by atoms with van der Waals surface area (Å²) in [5.41, 5.74) is -0.263.